The summed E-state index contributed by atoms with van der Waals surface area (Å²) in [6, 6.07) is 7.28. The molecule has 2 amide bonds. The molecule has 0 saturated carbocycles. The summed E-state index contributed by atoms with van der Waals surface area (Å²) in [7, 11) is 1.63. The maximum absolute atomic E-state index is 12.3. The summed E-state index contributed by atoms with van der Waals surface area (Å²) in [6.07, 6.45) is 1.19. The average Bonchev–Trinajstić information content (AvgIpc) is 2.59. The van der Waals surface area contributed by atoms with Crippen LogP contribution in [0, 0.1) is 0 Å². The first-order valence-electron chi connectivity index (χ1n) is 7.96. The lowest BCUT2D eigenvalue weighted by Crippen LogP contribution is -2.53. The lowest BCUT2D eigenvalue weighted by Gasteiger charge is -2.35. The third kappa shape index (κ3) is 5.39. The molecule has 1 aromatic carbocycles. The monoisotopic (exact) mass is 355 g/mol. The second-order valence-electron chi connectivity index (χ2n) is 5.84. The van der Waals surface area contributed by atoms with E-state index in [1.165, 1.54) is 0 Å². The van der Waals surface area contributed by atoms with Crippen LogP contribution in [0.5, 0.6) is 5.75 Å². The van der Waals surface area contributed by atoms with E-state index in [1.54, 1.807) is 18.9 Å². The summed E-state index contributed by atoms with van der Waals surface area (Å²) >= 11 is 0. The highest BCUT2D eigenvalue weighted by molar-refractivity contribution is 5.85. The Bertz CT molecular complexity index is 541. The van der Waals surface area contributed by atoms with Crippen LogP contribution in [0.3, 0.4) is 0 Å². The molecule has 24 heavy (non-hydrogen) atoms. The number of nitrogens with two attached hydrogens (primary N) is 1. The molecule has 134 valence electrons. The number of carbonyl (C=O) groups is 2. The van der Waals surface area contributed by atoms with Gasteiger partial charge < -0.3 is 20.3 Å². The standard InChI is InChI=1S/C17H25N3O3.ClH/c1-13(18)17(22)20-11-9-19(10-12-20)16(21)8-5-14-3-6-15(23-2)7-4-14;/h3-4,6-7,13H,5,8-12,18H2,1-2H3;1H/t13-;/m0./s1. The van der Waals surface area contributed by atoms with E-state index in [0.717, 1.165) is 11.3 Å². The van der Waals surface area contributed by atoms with Gasteiger partial charge in [-0.05, 0) is 31.0 Å². The minimum atomic E-state index is -0.479. The van der Waals surface area contributed by atoms with Crippen molar-refractivity contribution < 1.29 is 14.3 Å². The van der Waals surface area contributed by atoms with Crippen LogP contribution >= 0.6 is 12.4 Å². The molecule has 1 aliphatic rings. The maximum Gasteiger partial charge on any atom is 0.239 e. The molecule has 1 saturated heterocycles. The van der Waals surface area contributed by atoms with Crippen molar-refractivity contribution in [2.24, 2.45) is 5.73 Å². The lowest BCUT2D eigenvalue weighted by molar-refractivity contribution is -0.140. The van der Waals surface area contributed by atoms with Crippen LogP contribution in [0.1, 0.15) is 18.9 Å². The van der Waals surface area contributed by atoms with Gasteiger partial charge in [0.25, 0.3) is 0 Å². The van der Waals surface area contributed by atoms with E-state index in [9.17, 15) is 9.59 Å². The average molecular weight is 356 g/mol. The van der Waals surface area contributed by atoms with Gasteiger partial charge in [0.1, 0.15) is 5.75 Å². The third-order valence-corrected chi connectivity index (χ3v) is 4.12. The van der Waals surface area contributed by atoms with Crippen molar-refractivity contribution in [2.45, 2.75) is 25.8 Å². The van der Waals surface area contributed by atoms with E-state index in [4.69, 9.17) is 10.5 Å². The highest BCUT2D eigenvalue weighted by atomic mass is 35.5. The van der Waals surface area contributed by atoms with E-state index in [-0.39, 0.29) is 24.2 Å². The lowest BCUT2D eigenvalue weighted by atomic mass is 10.1. The van der Waals surface area contributed by atoms with Gasteiger partial charge >= 0.3 is 0 Å². The zero-order valence-corrected chi connectivity index (χ0v) is 15.1. The van der Waals surface area contributed by atoms with Crippen molar-refractivity contribution >= 4 is 24.2 Å². The fourth-order valence-electron chi connectivity index (χ4n) is 2.67. The molecule has 0 aliphatic carbocycles. The first-order valence-corrected chi connectivity index (χ1v) is 7.96. The number of piperazine rings is 1. The number of ether oxygens (including phenoxy) is 1. The van der Waals surface area contributed by atoms with E-state index in [2.05, 4.69) is 0 Å². The predicted octanol–water partition coefficient (Wildman–Crippen LogP) is 1.07. The summed E-state index contributed by atoms with van der Waals surface area (Å²) in [4.78, 5) is 27.7. The first kappa shape index (κ1) is 20.3. The highest BCUT2D eigenvalue weighted by Gasteiger charge is 2.25. The Hall–Kier alpha value is -1.79. The van der Waals surface area contributed by atoms with Crippen LogP contribution in [0.25, 0.3) is 0 Å². The Labute approximate surface area is 149 Å². The second kappa shape index (κ2) is 9.49. The Balaban J connectivity index is 0.00000288. The van der Waals surface area contributed by atoms with E-state index >= 15 is 0 Å². The molecule has 2 rings (SSSR count). The van der Waals surface area contributed by atoms with Crippen molar-refractivity contribution in [3.63, 3.8) is 0 Å². The second-order valence-corrected chi connectivity index (χ2v) is 5.84. The van der Waals surface area contributed by atoms with E-state index in [1.807, 2.05) is 29.2 Å². The van der Waals surface area contributed by atoms with Gasteiger partial charge in [-0.25, -0.2) is 0 Å². The molecular formula is C17H26ClN3O3. The number of rotatable bonds is 5. The molecule has 1 fully saturated rings. The van der Waals surface area contributed by atoms with Gasteiger partial charge in [0, 0.05) is 32.6 Å². The Morgan fingerprint density at radius 2 is 1.67 bits per heavy atom. The van der Waals surface area contributed by atoms with Crippen LogP contribution < -0.4 is 10.5 Å². The quantitative estimate of drug-likeness (QED) is 0.857. The molecule has 2 N–H and O–H groups in total. The van der Waals surface area contributed by atoms with Gasteiger partial charge in [-0.1, -0.05) is 12.1 Å². The molecule has 1 aromatic rings. The van der Waals surface area contributed by atoms with E-state index in [0.29, 0.717) is 39.0 Å². The molecule has 0 radical (unpaired) electrons. The van der Waals surface area contributed by atoms with Gasteiger partial charge in [-0.3, -0.25) is 9.59 Å². The highest BCUT2D eigenvalue weighted by Crippen LogP contribution is 2.13. The van der Waals surface area contributed by atoms with Gasteiger partial charge in [-0.2, -0.15) is 0 Å². The van der Waals surface area contributed by atoms with Crippen molar-refractivity contribution in [2.75, 3.05) is 33.3 Å². The maximum atomic E-state index is 12.3. The number of aryl methyl sites for hydroxylation is 1. The van der Waals surface area contributed by atoms with Crippen molar-refractivity contribution in [3.05, 3.63) is 29.8 Å². The summed E-state index contributed by atoms with van der Waals surface area (Å²) in [5.41, 5.74) is 6.73. The zero-order chi connectivity index (χ0) is 16.8. The molecule has 1 heterocycles. The molecule has 0 bridgehead atoms. The molecule has 1 atom stereocenters. The largest absolute Gasteiger partial charge is 0.497 e. The SMILES string of the molecule is COc1ccc(CCC(=O)N2CCN(C(=O)[C@H](C)N)CC2)cc1.Cl. The Morgan fingerprint density at radius 3 is 2.17 bits per heavy atom. The third-order valence-electron chi connectivity index (χ3n) is 4.12. The minimum Gasteiger partial charge on any atom is -0.497 e. The zero-order valence-electron chi connectivity index (χ0n) is 14.2. The van der Waals surface area contributed by atoms with Crippen LogP contribution in [0.4, 0.5) is 0 Å². The summed E-state index contributed by atoms with van der Waals surface area (Å²) < 4.78 is 5.12. The molecule has 7 heteroatoms. The summed E-state index contributed by atoms with van der Waals surface area (Å²) in [5.74, 6) is 0.902. The summed E-state index contributed by atoms with van der Waals surface area (Å²) in [6.45, 7) is 3.98. The first-order chi connectivity index (χ1) is 11.0. The molecule has 1 aliphatic heterocycles. The van der Waals surface area contributed by atoms with Crippen LogP contribution in [-0.4, -0.2) is 60.9 Å². The number of carbonyl (C=O) groups excluding carboxylic acids is 2. The minimum absolute atomic E-state index is 0. The fraction of sp³-hybridized carbons (Fsp3) is 0.529. The molecular weight excluding hydrogens is 330 g/mol. The number of benzene rings is 1. The summed E-state index contributed by atoms with van der Waals surface area (Å²) in [5, 5.41) is 0. The van der Waals surface area contributed by atoms with Crippen molar-refractivity contribution in [1.29, 1.82) is 0 Å². The van der Waals surface area contributed by atoms with Crippen LogP contribution in [0.2, 0.25) is 0 Å². The van der Waals surface area contributed by atoms with E-state index < -0.39 is 6.04 Å². The smallest absolute Gasteiger partial charge is 0.239 e. The van der Waals surface area contributed by atoms with Crippen LogP contribution in [0.15, 0.2) is 24.3 Å². The van der Waals surface area contributed by atoms with Crippen LogP contribution in [-0.2, 0) is 16.0 Å². The number of amides is 2. The number of halogens is 1. The Morgan fingerprint density at radius 1 is 1.12 bits per heavy atom. The number of nitrogens with zero attached hydrogens (tertiary/aromatic N) is 2. The fourth-order valence-corrected chi connectivity index (χ4v) is 2.67. The predicted molar refractivity (Wildman–Crippen MR) is 95.4 cm³/mol. The van der Waals surface area contributed by atoms with Gasteiger partial charge in [0.05, 0.1) is 13.2 Å². The van der Waals surface area contributed by atoms with Gasteiger partial charge in [-0.15, -0.1) is 12.4 Å². The van der Waals surface area contributed by atoms with Crippen molar-refractivity contribution in [3.8, 4) is 5.75 Å². The molecule has 0 unspecified atom stereocenters. The molecule has 6 nitrogen and oxygen atoms in total. The Kier molecular flexibility index (Phi) is 8.01. The number of hydrogen-bond donors (Lipinski definition) is 1. The number of hydrogen-bond acceptors (Lipinski definition) is 4. The normalized spacial score (nSPS) is 15.5. The van der Waals surface area contributed by atoms with Crippen molar-refractivity contribution in [1.82, 2.24) is 9.80 Å². The number of methoxy groups -OCH3 is 1. The topological polar surface area (TPSA) is 75.9 Å². The van der Waals surface area contributed by atoms with Gasteiger partial charge in [0.2, 0.25) is 11.8 Å². The van der Waals surface area contributed by atoms with Gasteiger partial charge in [0.15, 0.2) is 0 Å². The molecule has 0 spiro atoms. The molecule has 0 aromatic heterocycles.